The molecule has 1 aliphatic rings. The van der Waals surface area contributed by atoms with Gasteiger partial charge in [-0.05, 0) is 24.2 Å². The smallest absolute Gasteiger partial charge is 0.304 e. The van der Waals surface area contributed by atoms with Gasteiger partial charge in [-0.15, -0.1) is 0 Å². The van der Waals surface area contributed by atoms with Gasteiger partial charge in [-0.25, -0.2) is 0 Å². The molecule has 1 unspecified atom stereocenters. The van der Waals surface area contributed by atoms with Crippen LogP contribution < -0.4 is 5.73 Å². The Morgan fingerprint density at radius 3 is 2.47 bits per heavy atom. The fraction of sp³-hybridized carbons (Fsp3) is 0.929. The highest BCUT2D eigenvalue weighted by atomic mass is 16.4. The fourth-order valence-corrected chi connectivity index (χ4v) is 3.26. The lowest BCUT2D eigenvalue weighted by Gasteiger charge is -2.33. The van der Waals surface area contributed by atoms with Crippen LogP contribution in [0.4, 0.5) is 0 Å². The largest absolute Gasteiger partial charge is 0.481 e. The molecule has 1 aliphatic carbocycles. The van der Waals surface area contributed by atoms with Crippen LogP contribution in [0.1, 0.15) is 65.2 Å². The van der Waals surface area contributed by atoms with Gasteiger partial charge in [0.1, 0.15) is 0 Å². The first-order chi connectivity index (χ1) is 7.89. The summed E-state index contributed by atoms with van der Waals surface area (Å²) in [7, 11) is 0. The maximum Gasteiger partial charge on any atom is 0.304 e. The maximum absolute atomic E-state index is 10.6. The molecule has 3 heteroatoms. The topological polar surface area (TPSA) is 63.3 Å². The van der Waals surface area contributed by atoms with E-state index in [1.807, 2.05) is 0 Å². The molecule has 1 atom stereocenters. The minimum Gasteiger partial charge on any atom is -0.481 e. The van der Waals surface area contributed by atoms with E-state index in [2.05, 4.69) is 13.8 Å². The van der Waals surface area contributed by atoms with Crippen LogP contribution >= 0.6 is 0 Å². The highest BCUT2D eigenvalue weighted by molar-refractivity contribution is 5.67. The molecule has 0 spiro atoms. The molecule has 0 aromatic carbocycles. The van der Waals surface area contributed by atoms with E-state index in [4.69, 9.17) is 10.8 Å². The van der Waals surface area contributed by atoms with E-state index in [0.717, 1.165) is 12.3 Å². The molecule has 0 aliphatic heterocycles. The molecule has 0 aromatic heterocycles. The number of hydrogen-bond donors (Lipinski definition) is 2. The van der Waals surface area contributed by atoms with Crippen molar-refractivity contribution in [2.45, 2.75) is 71.3 Å². The monoisotopic (exact) mass is 241 g/mol. The third-order valence-corrected chi connectivity index (χ3v) is 3.82. The Bertz CT molecular complexity index is 245. The second-order valence-electron chi connectivity index (χ2n) is 6.43. The highest BCUT2D eigenvalue weighted by Crippen LogP contribution is 2.37. The van der Waals surface area contributed by atoms with Crippen LogP contribution in [-0.4, -0.2) is 17.1 Å². The predicted molar refractivity (Wildman–Crippen MR) is 69.8 cm³/mol. The Balaban J connectivity index is 2.35. The first-order valence-corrected chi connectivity index (χ1v) is 6.86. The van der Waals surface area contributed by atoms with Gasteiger partial charge in [-0.1, -0.05) is 46.0 Å². The summed E-state index contributed by atoms with van der Waals surface area (Å²) < 4.78 is 0. The Morgan fingerprint density at radius 2 is 1.94 bits per heavy atom. The second-order valence-corrected chi connectivity index (χ2v) is 6.43. The summed E-state index contributed by atoms with van der Waals surface area (Å²) in [5.74, 6) is 0.0433. The van der Waals surface area contributed by atoms with Gasteiger partial charge < -0.3 is 10.8 Å². The number of aliphatic carboxylic acids is 1. The lowest BCUT2D eigenvalue weighted by molar-refractivity contribution is -0.137. The third-order valence-electron chi connectivity index (χ3n) is 3.82. The van der Waals surface area contributed by atoms with Crippen LogP contribution in [0.3, 0.4) is 0 Å². The molecule has 0 bridgehead atoms. The molecule has 1 rings (SSSR count). The van der Waals surface area contributed by atoms with E-state index < -0.39 is 5.97 Å². The molecule has 0 heterocycles. The average molecular weight is 241 g/mol. The number of carbonyl (C=O) groups is 1. The van der Waals surface area contributed by atoms with Crippen LogP contribution in [0.5, 0.6) is 0 Å². The van der Waals surface area contributed by atoms with Gasteiger partial charge in [0.25, 0.3) is 0 Å². The Morgan fingerprint density at radius 1 is 1.35 bits per heavy atom. The first-order valence-electron chi connectivity index (χ1n) is 6.86. The standard InChI is InChI=1S/C14H27NO2/c1-14(2,10-12(15)8-13(16)17)9-11-6-4-3-5-7-11/h11-12H,3-10,15H2,1-2H3,(H,16,17). The van der Waals surface area contributed by atoms with Crippen LogP contribution in [0.15, 0.2) is 0 Å². The SMILES string of the molecule is CC(C)(CC(N)CC(=O)O)CC1CCCCC1. The minimum atomic E-state index is -0.786. The van der Waals surface area contributed by atoms with Gasteiger partial charge in [0, 0.05) is 6.04 Å². The normalized spacial score (nSPS) is 20.2. The summed E-state index contributed by atoms with van der Waals surface area (Å²) >= 11 is 0. The van der Waals surface area contributed by atoms with Crippen molar-refractivity contribution in [3.8, 4) is 0 Å². The van der Waals surface area contributed by atoms with Crippen LogP contribution in [0, 0.1) is 11.3 Å². The van der Waals surface area contributed by atoms with E-state index in [-0.39, 0.29) is 17.9 Å². The average Bonchev–Trinajstić information content (AvgIpc) is 2.15. The zero-order valence-electron chi connectivity index (χ0n) is 11.2. The number of carboxylic acids is 1. The predicted octanol–water partition coefficient (Wildman–Crippen LogP) is 3.18. The highest BCUT2D eigenvalue weighted by Gasteiger charge is 2.27. The molecule has 0 amide bonds. The molecular weight excluding hydrogens is 214 g/mol. The zero-order chi connectivity index (χ0) is 12.9. The van der Waals surface area contributed by atoms with Crippen molar-refractivity contribution in [2.75, 3.05) is 0 Å². The Labute approximate surface area is 105 Å². The van der Waals surface area contributed by atoms with E-state index in [0.29, 0.717) is 0 Å². The van der Waals surface area contributed by atoms with Crippen molar-refractivity contribution in [1.29, 1.82) is 0 Å². The maximum atomic E-state index is 10.6. The van der Waals surface area contributed by atoms with Crippen LogP contribution in [0.2, 0.25) is 0 Å². The molecule has 0 radical (unpaired) electrons. The summed E-state index contributed by atoms with van der Waals surface area (Å²) in [5.41, 5.74) is 6.06. The van der Waals surface area contributed by atoms with E-state index in [1.54, 1.807) is 0 Å². The zero-order valence-corrected chi connectivity index (χ0v) is 11.2. The Kier molecular flexibility index (Phi) is 5.44. The van der Waals surface area contributed by atoms with Gasteiger partial charge in [0.15, 0.2) is 0 Å². The van der Waals surface area contributed by atoms with Crippen molar-refractivity contribution in [3.05, 3.63) is 0 Å². The van der Waals surface area contributed by atoms with E-state index in [9.17, 15) is 4.79 Å². The van der Waals surface area contributed by atoms with Gasteiger partial charge >= 0.3 is 5.97 Å². The van der Waals surface area contributed by atoms with Gasteiger partial charge in [0.2, 0.25) is 0 Å². The minimum absolute atomic E-state index is 0.0914. The lowest BCUT2D eigenvalue weighted by Crippen LogP contribution is -2.31. The summed E-state index contributed by atoms with van der Waals surface area (Å²) in [5, 5.41) is 8.72. The van der Waals surface area contributed by atoms with Crippen molar-refractivity contribution in [3.63, 3.8) is 0 Å². The van der Waals surface area contributed by atoms with E-state index in [1.165, 1.54) is 38.5 Å². The Hall–Kier alpha value is -0.570. The molecule has 1 saturated carbocycles. The molecule has 3 nitrogen and oxygen atoms in total. The number of carboxylic acid groups (broad SMARTS) is 1. The van der Waals surface area contributed by atoms with E-state index >= 15 is 0 Å². The fourth-order valence-electron chi connectivity index (χ4n) is 3.26. The number of hydrogen-bond acceptors (Lipinski definition) is 2. The van der Waals surface area contributed by atoms with Crippen molar-refractivity contribution < 1.29 is 9.90 Å². The molecule has 0 saturated heterocycles. The van der Waals surface area contributed by atoms with Crippen molar-refractivity contribution in [1.82, 2.24) is 0 Å². The van der Waals surface area contributed by atoms with Crippen molar-refractivity contribution >= 4 is 5.97 Å². The summed E-state index contributed by atoms with van der Waals surface area (Å²) in [6, 6.07) is -0.203. The quantitative estimate of drug-likeness (QED) is 0.750. The summed E-state index contributed by atoms with van der Waals surface area (Å²) in [4.78, 5) is 10.6. The number of rotatable bonds is 6. The van der Waals surface area contributed by atoms with Gasteiger partial charge in [-0.3, -0.25) is 4.79 Å². The van der Waals surface area contributed by atoms with Gasteiger partial charge in [-0.2, -0.15) is 0 Å². The molecule has 0 aromatic rings. The summed E-state index contributed by atoms with van der Waals surface area (Å²) in [6.45, 7) is 4.45. The van der Waals surface area contributed by atoms with Crippen LogP contribution in [0.25, 0.3) is 0 Å². The summed E-state index contributed by atoms with van der Waals surface area (Å²) in [6.07, 6.45) is 8.90. The molecule has 17 heavy (non-hydrogen) atoms. The van der Waals surface area contributed by atoms with Crippen molar-refractivity contribution in [2.24, 2.45) is 17.1 Å². The number of nitrogens with two attached hydrogens (primary N) is 1. The first kappa shape index (κ1) is 14.5. The molecular formula is C14H27NO2. The van der Waals surface area contributed by atoms with Crippen LogP contribution in [-0.2, 0) is 4.79 Å². The third kappa shape index (κ3) is 6.06. The lowest BCUT2D eigenvalue weighted by atomic mass is 9.73. The second kappa shape index (κ2) is 6.39. The molecule has 100 valence electrons. The molecule has 3 N–H and O–H groups in total. The molecule has 1 fully saturated rings. The van der Waals surface area contributed by atoms with Gasteiger partial charge in [0.05, 0.1) is 6.42 Å².